The number of allylic oxidation sites excluding steroid dienone is 4. The monoisotopic (exact) mass is 396 g/mol. The molecule has 6 heteroatoms. The highest BCUT2D eigenvalue weighted by molar-refractivity contribution is 7.96. The van der Waals surface area contributed by atoms with Gasteiger partial charge >= 0.3 is 0 Å². The third kappa shape index (κ3) is 5.44. The molecule has 2 aromatic carbocycles. The first kappa shape index (κ1) is 21.2. The fourth-order valence-electron chi connectivity index (χ4n) is 2.54. The van der Waals surface area contributed by atoms with Gasteiger partial charge in [-0.25, -0.2) is 8.42 Å². The van der Waals surface area contributed by atoms with E-state index in [0.717, 1.165) is 9.87 Å². The van der Waals surface area contributed by atoms with Gasteiger partial charge in [-0.15, -0.1) is 0 Å². The number of nitrogens with zero attached hydrogens (tertiary/aromatic N) is 1. The fourth-order valence-corrected chi connectivity index (χ4v) is 3.94. The lowest BCUT2D eigenvalue weighted by molar-refractivity contribution is -0.114. The van der Waals surface area contributed by atoms with Gasteiger partial charge in [0, 0.05) is 5.69 Å². The van der Waals surface area contributed by atoms with Crippen molar-refractivity contribution >= 4 is 27.3 Å². The Kier molecular flexibility index (Phi) is 7.35. The topological polar surface area (TPSA) is 66.5 Å². The van der Waals surface area contributed by atoms with Gasteiger partial charge in [-0.3, -0.25) is 9.10 Å². The van der Waals surface area contributed by atoms with Gasteiger partial charge in [-0.1, -0.05) is 49.1 Å². The quantitative estimate of drug-likeness (QED) is 0.672. The predicted octanol–water partition coefficient (Wildman–Crippen LogP) is 4.42. The number of hydrogen-bond acceptors (Lipinski definition) is 3. The van der Waals surface area contributed by atoms with Crippen LogP contribution in [0.1, 0.15) is 12.5 Å². The van der Waals surface area contributed by atoms with Gasteiger partial charge in [-0.05, 0) is 55.8 Å². The summed E-state index contributed by atoms with van der Waals surface area (Å²) in [5.41, 5.74) is 2.01. The number of anilines is 2. The normalized spacial score (nSPS) is 12.0. The fraction of sp³-hybridized carbons (Fsp3) is 0.136. The molecule has 0 spiro atoms. The van der Waals surface area contributed by atoms with Crippen LogP contribution in [0.15, 0.2) is 90.4 Å². The van der Waals surface area contributed by atoms with Crippen molar-refractivity contribution in [2.75, 3.05) is 16.2 Å². The van der Waals surface area contributed by atoms with E-state index in [1.165, 1.54) is 12.2 Å². The van der Waals surface area contributed by atoms with Crippen molar-refractivity contribution in [3.63, 3.8) is 0 Å². The van der Waals surface area contributed by atoms with Crippen LogP contribution in [0.2, 0.25) is 0 Å². The molecule has 0 saturated heterocycles. The molecule has 0 fully saturated rings. The van der Waals surface area contributed by atoms with Crippen LogP contribution in [0, 0.1) is 6.92 Å². The Morgan fingerprint density at radius 3 is 2.46 bits per heavy atom. The van der Waals surface area contributed by atoms with Crippen LogP contribution >= 0.6 is 0 Å². The molecule has 0 aliphatic carbocycles. The first-order valence-electron chi connectivity index (χ1n) is 8.78. The van der Waals surface area contributed by atoms with Gasteiger partial charge < -0.3 is 5.32 Å². The van der Waals surface area contributed by atoms with Crippen LogP contribution in [0.4, 0.5) is 11.4 Å². The first-order chi connectivity index (χ1) is 13.4. The Hall–Kier alpha value is -3.12. The number of carbonyl (C=O) groups excluding carboxylic acids is 1. The summed E-state index contributed by atoms with van der Waals surface area (Å²) in [6, 6.07) is 15.8. The van der Waals surface area contributed by atoms with Gasteiger partial charge in [0.25, 0.3) is 10.0 Å². The lowest BCUT2D eigenvalue weighted by Gasteiger charge is -2.24. The van der Waals surface area contributed by atoms with Crippen LogP contribution in [0.25, 0.3) is 0 Å². The number of amides is 1. The van der Waals surface area contributed by atoms with E-state index in [1.807, 2.05) is 25.1 Å². The Labute approximate surface area is 166 Å². The van der Waals surface area contributed by atoms with E-state index in [4.69, 9.17) is 0 Å². The molecule has 0 heterocycles. The highest BCUT2D eigenvalue weighted by atomic mass is 32.2. The minimum atomic E-state index is -3.97. The maximum absolute atomic E-state index is 13.2. The van der Waals surface area contributed by atoms with Crippen molar-refractivity contribution in [2.24, 2.45) is 0 Å². The number of para-hydroxylation sites is 1. The third-order valence-corrected chi connectivity index (χ3v) is 5.69. The minimum Gasteiger partial charge on any atom is -0.325 e. The molecular weight excluding hydrogens is 372 g/mol. The average molecular weight is 397 g/mol. The number of rotatable bonds is 8. The van der Waals surface area contributed by atoms with Crippen molar-refractivity contribution in [1.29, 1.82) is 0 Å². The summed E-state index contributed by atoms with van der Waals surface area (Å²) in [6.45, 7) is 6.95. The number of carbonyl (C=O) groups is 1. The molecule has 0 atom stereocenters. The lowest BCUT2D eigenvalue weighted by atomic mass is 10.2. The third-order valence-electron chi connectivity index (χ3n) is 3.88. The molecule has 146 valence electrons. The average Bonchev–Trinajstić information content (AvgIpc) is 2.67. The van der Waals surface area contributed by atoms with Crippen molar-refractivity contribution in [1.82, 2.24) is 0 Å². The number of aryl methyl sites for hydroxylation is 1. The summed E-state index contributed by atoms with van der Waals surface area (Å²) in [7, 11) is -3.97. The molecule has 0 aliphatic heterocycles. The maximum Gasteiger partial charge on any atom is 0.264 e. The largest absolute Gasteiger partial charge is 0.325 e. The van der Waals surface area contributed by atoms with Crippen LogP contribution in [0.5, 0.6) is 0 Å². The van der Waals surface area contributed by atoms with E-state index in [9.17, 15) is 13.2 Å². The van der Waals surface area contributed by atoms with Crippen LogP contribution < -0.4 is 9.62 Å². The highest BCUT2D eigenvalue weighted by Gasteiger charge is 2.27. The molecule has 0 aromatic heterocycles. The summed E-state index contributed by atoms with van der Waals surface area (Å²) in [6.07, 6.45) is 6.06. The number of nitrogens with one attached hydrogen (secondary N) is 1. The zero-order valence-electron chi connectivity index (χ0n) is 16.0. The Balaban J connectivity index is 2.37. The zero-order valence-corrected chi connectivity index (χ0v) is 16.8. The van der Waals surface area contributed by atoms with Gasteiger partial charge in [0.15, 0.2) is 0 Å². The molecule has 1 N–H and O–H groups in total. The van der Waals surface area contributed by atoms with Crippen molar-refractivity contribution in [3.8, 4) is 0 Å². The molecule has 2 aromatic rings. The van der Waals surface area contributed by atoms with E-state index in [-0.39, 0.29) is 11.4 Å². The highest BCUT2D eigenvalue weighted by Crippen LogP contribution is 2.23. The lowest BCUT2D eigenvalue weighted by Crippen LogP contribution is -2.38. The van der Waals surface area contributed by atoms with Crippen LogP contribution in [-0.4, -0.2) is 20.9 Å². The molecule has 0 saturated carbocycles. The van der Waals surface area contributed by atoms with E-state index in [0.29, 0.717) is 11.4 Å². The number of benzene rings is 2. The number of hydrogen-bond donors (Lipinski definition) is 1. The molecule has 0 radical (unpaired) electrons. The van der Waals surface area contributed by atoms with E-state index in [2.05, 4.69) is 11.9 Å². The first-order valence-corrected chi connectivity index (χ1v) is 10.2. The van der Waals surface area contributed by atoms with Gasteiger partial charge in [0.1, 0.15) is 6.54 Å². The van der Waals surface area contributed by atoms with Crippen molar-refractivity contribution < 1.29 is 13.2 Å². The molecule has 1 amide bonds. The van der Waals surface area contributed by atoms with Crippen LogP contribution in [0.3, 0.4) is 0 Å². The second kappa shape index (κ2) is 9.71. The Morgan fingerprint density at radius 2 is 1.86 bits per heavy atom. The standard InChI is InChI=1S/C22H24N2O3S/c1-4-6-15-21(5-2)28(26,27)24(20-13-8-7-9-14-20)17-22(25)23-19-12-10-11-18(3)16-19/h4-16H,2,17H2,1,3H3,(H,23,25)/b6-4-,21-15+. The van der Waals surface area contributed by atoms with Gasteiger partial charge in [0.2, 0.25) is 5.91 Å². The predicted molar refractivity (Wildman–Crippen MR) is 116 cm³/mol. The molecule has 0 aliphatic rings. The second-order valence-corrected chi connectivity index (χ2v) is 7.93. The molecule has 0 unspecified atom stereocenters. The summed E-state index contributed by atoms with van der Waals surface area (Å²) in [5.74, 6) is -0.438. The minimum absolute atomic E-state index is 0.0119. The van der Waals surface area contributed by atoms with Crippen molar-refractivity contribution in [3.05, 3.63) is 95.9 Å². The zero-order chi connectivity index (χ0) is 20.6. The molecule has 0 bridgehead atoms. The summed E-state index contributed by atoms with van der Waals surface area (Å²) < 4.78 is 27.4. The maximum atomic E-state index is 13.2. The van der Waals surface area contributed by atoms with E-state index >= 15 is 0 Å². The molecule has 5 nitrogen and oxygen atoms in total. The smallest absolute Gasteiger partial charge is 0.264 e. The van der Waals surface area contributed by atoms with Crippen LogP contribution in [-0.2, 0) is 14.8 Å². The summed E-state index contributed by atoms with van der Waals surface area (Å²) >= 11 is 0. The summed E-state index contributed by atoms with van der Waals surface area (Å²) in [5, 5.41) is 2.75. The van der Waals surface area contributed by atoms with E-state index < -0.39 is 15.9 Å². The van der Waals surface area contributed by atoms with Gasteiger partial charge in [-0.2, -0.15) is 0 Å². The van der Waals surface area contributed by atoms with Crippen molar-refractivity contribution in [2.45, 2.75) is 13.8 Å². The molecule has 2 rings (SSSR count). The number of sulfonamides is 1. The van der Waals surface area contributed by atoms with Gasteiger partial charge in [0.05, 0.1) is 10.6 Å². The molecular formula is C22H24N2O3S. The van der Waals surface area contributed by atoms with E-state index in [1.54, 1.807) is 55.5 Å². The SMILES string of the molecule is C=C/C(=C\C=C/C)S(=O)(=O)N(CC(=O)Nc1cccc(C)c1)c1ccccc1. The molecule has 28 heavy (non-hydrogen) atoms. The second-order valence-electron chi connectivity index (χ2n) is 6.06. The Bertz CT molecular complexity index is 993. The summed E-state index contributed by atoms with van der Waals surface area (Å²) in [4.78, 5) is 12.6. The Morgan fingerprint density at radius 1 is 1.14 bits per heavy atom.